The third-order valence-electron chi connectivity index (χ3n) is 4.28. The summed E-state index contributed by atoms with van der Waals surface area (Å²) in [6.45, 7) is 1.35. The number of nitrogens with one attached hydrogen (secondary N) is 1. The van der Waals surface area contributed by atoms with Crippen LogP contribution >= 0.6 is 0 Å². The van der Waals surface area contributed by atoms with Gasteiger partial charge in [-0.15, -0.1) is 0 Å². The molecule has 2 aromatic carbocycles. The Morgan fingerprint density at radius 1 is 1.27 bits per heavy atom. The minimum absolute atomic E-state index is 0.170. The standard InChI is InChI=1S/C20H21N3O3/c21-12-14-3-5-15(6-4-14)19(20(22)24)23-16-7-9-17(10-8-16)26-13-18-2-1-11-25-18/h3-10,18-19,23H,1-2,11,13H2,(H2,22,24). The molecule has 0 radical (unpaired) electrons. The van der Waals surface area contributed by atoms with Crippen LogP contribution in [0.15, 0.2) is 48.5 Å². The first-order valence-corrected chi connectivity index (χ1v) is 8.56. The lowest BCUT2D eigenvalue weighted by molar-refractivity contribution is -0.118. The molecule has 1 amide bonds. The molecular formula is C20H21N3O3. The molecule has 0 spiro atoms. The van der Waals surface area contributed by atoms with Crippen LogP contribution in [0.25, 0.3) is 0 Å². The molecule has 2 atom stereocenters. The number of hydrogen-bond acceptors (Lipinski definition) is 5. The molecule has 3 N–H and O–H groups in total. The molecular weight excluding hydrogens is 330 g/mol. The first-order valence-electron chi connectivity index (χ1n) is 8.56. The van der Waals surface area contributed by atoms with Gasteiger partial charge in [-0.05, 0) is 54.8 Å². The zero-order chi connectivity index (χ0) is 18.4. The first-order chi connectivity index (χ1) is 12.7. The summed E-state index contributed by atoms with van der Waals surface area (Å²) >= 11 is 0. The monoisotopic (exact) mass is 351 g/mol. The van der Waals surface area contributed by atoms with E-state index in [4.69, 9.17) is 20.5 Å². The summed E-state index contributed by atoms with van der Waals surface area (Å²) in [6.07, 6.45) is 2.29. The SMILES string of the molecule is N#Cc1ccc(C(Nc2ccc(OCC3CCCO3)cc2)C(N)=O)cc1. The Bertz CT molecular complexity index is 775. The highest BCUT2D eigenvalue weighted by Crippen LogP contribution is 2.23. The maximum absolute atomic E-state index is 11.8. The summed E-state index contributed by atoms with van der Waals surface area (Å²) in [5.74, 6) is 0.258. The van der Waals surface area contributed by atoms with E-state index in [-0.39, 0.29) is 6.10 Å². The predicted octanol–water partition coefficient (Wildman–Crippen LogP) is 2.75. The van der Waals surface area contributed by atoms with Crippen molar-refractivity contribution < 1.29 is 14.3 Å². The van der Waals surface area contributed by atoms with Crippen molar-refractivity contribution in [2.45, 2.75) is 25.0 Å². The molecule has 0 aromatic heterocycles. The van der Waals surface area contributed by atoms with E-state index in [0.29, 0.717) is 17.7 Å². The second-order valence-corrected chi connectivity index (χ2v) is 6.18. The summed E-state index contributed by atoms with van der Waals surface area (Å²) in [6, 6.07) is 15.5. The second kappa shape index (κ2) is 8.37. The van der Waals surface area contributed by atoms with Gasteiger partial charge in [0.25, 0.3) is 0 Å². The van der Waals surface area contributed by atoms with E-state index in [1.54, 1.807) is 24.3 Å². The van der Waals surface area contributed by atoms with E-state index in [1.807, 2.05) is 24.3 Å². The van der Waals surface area contributed by atoms with Crippen LogP contribution in [0.1, 0.15) is 30.0 Å². The third-order valence-corrected chi connectivity index (χ3v) is 4.28. The highest BCUT2D eigenvalue weighted by Gasteiger charge is 2.18. The number of rotatable bonds is 7. The number of nitrogens with zero attached hydrogens (tertiary/aromatic N) is 1. The summed E-state index contributed by atoms with van der Waals surface area (Å²) in [5, 5.41) is 12.0. The van der Waals surface area contributed by atoms with Gasteiger partial charge in [0.15, 0.2) is 0 Å². The van der Waals surface area contributed by atoms with Crippen LogP contribution in [-0.2, 0) is 9.53 Å². The number of ether oxygens (including phenoxy) is 2. The van der Waals surface area contributed by atoms with Crippen LogP contribution < -0.4 is 15.8 Å². The summed E-state index contributed by atoms with van der Waals surface area (Å²) in [5.41, 5.74) is 7.52. The molecule has 0 bridgehead atoms. The van der Waals surface area contributed by atoms with Crippen molar-refractivity contribution in [1.29, 1.82) is 5.26 Å². The lowest BCUT2D eigenvalue weighted by Gasteiger charge is -2.18. The van der Waals surface area contributed by atoms with Crippen LogP contribution in [-0.4, -0.2) is 25.2 Å². The van der Waals surface area contributed by atoms with Crippen molar-refractivity contribution in [1.82, 2.24) is 0 Å². The van der Waals surface area contributed by atoms with Crippen LogP contribution in [0.5, 0.6) is 5.75 Å². The van der Waals surface area contributed by atoms with E-state index >= 15 is 0 Å². The Kier molecular flexibility index (Phi) is 5.72. The third kappa shape index (κ3) is 4.52. The molecule has 1 aliphatic rings. The van der Waals surface area contributed by atoms with Gasteiger partial charge >= 0.3 is 0 Å². The summed E-state index contributed by atoms with van der Waals surface area (Å²) < 4.78 is 11.3. The minimum atomic E-state index is -0.679. The molecule has 6 heteroatoms. The highest BCUT2D eigenvalue weighted by molar-refractivity contribution is 5.84. The molecule has 26 heavy (non-hydrogen) atoms. The molecule has 2 aromatic rings. The zero-order valence-corrected chi connectivity index (χ0v) is 14.4. The van der Waals surface area contributed by atoms with Crippen molar-refractivity contribution in [2.75, 3.05) is 18.5 Å². The Labute approximate surface area is 152 Å². The molecule has 134 valence electrons. The number of anilines is 1. The molecule has 1 saturated heterocycles. The van der Waals surface area contributed by atoms with Gasteiger partial charge in [0.2, 0.25) is 5.91 Å². The average Bonchev–Trinajstić information content (AvgIpc) is 3.19. The normalized spacial score (nSPS) is 17.3. The van der Waals surface area contributed by atoms with Gasteiger partial charge in [-0.3, -0.25) is 4.79 Å². The van der Waals surface area contributed by atoms with Gasteiger partial charge in [0.05, 0.1) is 17.7 Å². The Morgan fingerprint density at radius 3 is 2.58 bits per heavy atom. The number of nitriles is 1. The van der Waals surface area contributed by atoms with E-state index < -0.39 is 11.9 Å². The number of carbonyl (C=O) groups is 1. The number of nitrogens with two attached hydrogens (primary N) is 1. The van der Waals surface area contributed by atoms with E-state index in [0.717, 1.165) is 30.9 Å². The van der Waals surface area contributed by atoms with Crippen molar-refractivity contribution in [3.05, 3.63) is 59.7 Å². The summed E-state index contributed by atoms with van der Waals surface area (Å²) in [4.78, 5) is 11.8. The van der Waals surface area contributed by atoms with Crippen molar-refractivity contribution in [2.24, 2.45) is 5.73 Å². The molecule has 1 heterocycles. The van der Waals surface area contributed by atoms with Gasteiger partial charge in [-0.25, -0.2) is 0 Å². The fourth-order valence-electron chi connectivity index (χ4n) is 2.85. The quantitative estimate of drug-likeness (QED) is 0.799. The lowest BCUT2D eigenvalue weighted by Crippen LogP contribution is -2.27. The predicted molar refractivity (Wildman–Crippen MR) is 97.6 cm³/mol. The van der Waals surface area contributed by atoms with Crippen LogP contribution in [0.2, 0.25) is 0 Å². The van der Waals surface area contributed by atoms with E-state index in [2.05, 4.69) is 11.4 Å². The van der Waals surface area contributed by atoms with Crippen LogP contribution in [0.3, 0.4) is 0 Å². The highest BCUT2D eigenvalue weighted by atomic mass is 16.5. The largest absolute Gasteiger partial charge is 0.491 e. The van der Waals surface area contributed by atoms with Gasteiger partial charge in [0.1, 0.15) is 18.4 Å². The molecule has 3 rings (SSSR count). The molecule has 1 aliphatic heterocycles. The average molecular weight is 351 g/mol. The number of benzene rings is 2. The molecule has 0 aliphatic carbocycles. The van der Waals surface area contributed by atoms with Gasteiger partial charge in [0, 0.05) is 12.3 Å². The zero-order valence-electron chi connectivity index (χ0n) is 14.4. The Balaban J connectivity index is 1.63. The van der Waals surface area contributed by atoms with Gasteiger partial charge in [-0.2, -0.15) is 5.26 Å². The van der Waals surface area contributed by atoms with Crippen molar-refractivity contribution in [3.63, 3.8) is 0 Å². The lowest BCUT2D eigenvalue weighted by atomic mass is 10.0. The first kappa shape index (κ1) is 17.8. The van der Waals surface area contributed by atoms with Crippen LogP contribution in [0.4, 0.5) is 5.69 Å². The summed E-state index contributed by atoms with van der Waals surface area (Å²) in [7, 11) is 0. The van der Waals surface area contributed by atoms with Gasteiger partial charge in [-0.1, -0.05) is 12.1 Å². The number of primary amides is 1. The Morgan fingerprint density at radius 2 is 2.00 bits per heavy atom. The maximum Gasteiger partial charge on any atom is 0.244 e. The van der Waals surface area contributed by atoms with Crippen molar-refractivity contribution in [3.8, 4) is 11.8 Å². The van der Waals surface area contributed by atoms with E-state index in [1.165, 1.54) is 0 Å². The Hall–Kier alpha value is -3.04. The fraction of sp³-hybridized carbons (Fsp3) is 0.300. The second-order valence-electron chi connectivity index (χ2n) is 6.18. The molecule has 0 saturated carbocycles. The smallest absolute Gasteiger partial charge is 0.244 e. The minimum Gasteiger partial charge on any atom is -0.491 e. The van der Waals surface area contributed by atoms with Crippen LogP contribution in [0, 0.1) is 11.3 Å². The number of amides is 1. The number of hydrogen-bond donors (Lipinski definition) is 2. The van der Waals surface area contributed by atoms with Gasteiger partial charge < -0.3 is 20.5 Å². The fourth-order valence-corrected chi connectivity index (χ4v) is 2.85. The molecule has 1 fully saturated rings. The maximum atomic E-state index is 11.8. The van der Waals surface area contributed by atoms with Crippen molar-refractivity contribution >= 4 is 11.6 Å². The topological polar surface area (TPSA) is 97.4 Å². The molecule has 2 unspecified atom stereocenters. The number of carbonyl (C=O) groups excluding carboxylic acids is 1. The van der Waals surface area contributed by atoms with E-state index in [9.17, 15) is 4.79 Å². The molecule has 6 nitrogen and oxygen atoms in total.